The summed E-state index contributed by atoms with van der Waals surface area (Å²) in [5, 5.41) is 15.7. The lowest BCUT2D eigenvalue weighted by Crippen LogP contribution is -2.41. The highest BCUT2D eigenvalue weighted by molar-refractivity contribution is 6.07. The Morgan fingerprint density at radius 1 is 1.27 bits per heavy atom. The fourth-order valence-corrected chi connectivity index (χ4v) is 4.87. The smallest absolute Gasteiger partial charge is 0.251 e. The number of aliphatic hydroxyl groups excluding tert-OH is 1. The second-order valence-corrected chi connectivity index (χ2v) is 8.57. The van der Waals surface area contributed by atoms with Crippen molar-refractivity contribution in [2.45, 2.75) is 31.5 Å². The summed E-state index contributed by atoms with van der Waals surface area (Å²) < 4.78 is 5.98. The van der Waals surface area contributed by atoms with Crippen LogP contribution in [0.3, 0.4) is 0 Å². The Morgan fingerprint density at radius 3 is 2.94 bits per heavy atom. The van der Waals surface area contributed by atoms with Gasteiger partial charge in [0, 0.05) is 18.2 Å². The van der Waals surface area contributed by atoms with Gasteiger partial charge in [0.15, 0.2) is 0 Å². The maximum Gasteiger partial charge on any atom is 0.251 e. The fraction of sp³-hybridized carbons (Fsp3) is 0.375. The zero-order valence-electron chi connectivity index (χ0n) is 18.2. The van der Waals surface area contributed by atoms with E-state index in [1.165, 1.54) is 5.56 Å². The fourth-order valence-electron chi connectivity index (χ4n) is 4.87. The van der Waals surface area contributed by atoms with Gasteiger partial charge in [0.1, 0.15) is 11.8 Å². The van der Waals surface area contributed by atoms with Gasteiger partial charge >= 0.3 is 0 Å². The number of nitrogens with zero attached hydrogens (tertiary/aromatic N) is 2. The van der Waals surface area contributed by atoms with E-state index in [0.29, 0.717) is 31.3 Å². The van der Waals surface area contributed by atoms with E-state index in [1.54, 1.807) is 4.90 Å². The minimum Gasteiger partial charge on any atom is -0.494 e. The van der Waals surface area contributed by atoms with Crippen molar-refractivity contribution in [1.82, 2.24) is 15.5 Å². The Balaban J connectivity index is 1.26. The average molecular weight is 450 g/mol. The number of aliphatic imine (C=N–C) groups is 1. The third-order valence-corrected chi connectivity index (χ3v) is 6.59. The lowest BCUT2D eigenvalue weighted by molar-refractivity contribution is -0.123. The quantitative estimate of drug-likeness (QED) is 0.493. The minimum absolute atomic E-state index is 0.122. The number of rotatable bonds is 7. The van der Waals surface area contributed by atoms with Crippen molar-refractivity contribution >= 4 is 23.5 Å². The summed E-state index contributed by atoms with van der Waals surface area (Å²) >= 11 is 0. The number of aliphatic hydroxyl groups is 1. The molecular formula is C24H27N5O4. The van der Waals surface area contributed by atoms with Crippen molar-refractivity contribution in [1.29, 1.82) is 0 Å². The van der Waals surface area contributed by atoms with E-state index in [-0.39, 0.29) is 30.4 Å². The van der Waals surface area contributed by atoms with Gasteiger partial charge in [0.05, 0.1) is 24.8 Å². The molecule has 33 heavy (non-hydrogen) atoms. The number of hydrogen-bond acceptors (Lipinski definition) is 7. The first-order valence-electron chi connectivity index (χ1n) is 11.2. The molecule has 5 rings (SSSR count). The van der Waals surface area contributed by atoms with Crippen molar-refractivity contribution in [2.75, 3.05) is 19.8 Å². The van der Waals surface area contributed by atoms with Gasteiger partial charge in [-0.2, -0.15) is 0 Å². The SMILES string of the molecule is NC(=O)C(CCOc1ccc2c(c1)CN1C(=N2)NC(=O)C1CO)C1NCCc2ccccc21. The maximum absolute atomic E-state index is 12.3. The molecule has 0 radical (unpaired) electrons. The maximum atomic E-state index is 12.3. The largest absolute Gasteiger partial charge is 0.494 e. The van der Waals surface area contributed by atoms with Crippen LogP contribution in [0.2, 0.25) is 0 Å². The highest BCUT2D eigenvalue weighted by Gasteiger charge is 2.38. The van der Waals surface area contributed by atoms with Gasteiger partial charge in [-0.15, -0.1) is 0 Å². The molecule has 2 aromatic rings. The number of carbonyl (C=O) groups is 2. The molecule has 0 saturated carbocycles. The summed E-state index contributed by atoms with van der Waals surface area (Å²) in [6, 6.07) is 13.0. The molecule has 2 aromatic carbocycles. The second-order valence-electron chi connectivity index (χ2n) is 8.57. The minimum atomic E-state index is -0.635. The molecule has 3 aliphatic heterocycles. The Hall–Kier alpha value is -3.43. The highest BCUT2D eigenvalue weighted by Crippen LogP contribution is 2.33. The van der Waals surface area contributed by atoms with Gasteiger partial charge in [-0.05, 0) is 48.7 Å². The molecule has 3 atom stereocenters. The number of ether oxygens (including phenoxy) is 1. The van der Waals surface area contributed by atoms with Gasteiger partial charge in [0.25, 0.3) is 5.91 Å². The summed E-state index contributed by atoms with van der Waals surface area (Å²) in [6.45, 7) is 1.32. The van der Waals surface area contributed by atoms with E-state index in [1.807, 2.05) is 30.3 Å². The number of fused-ring (bicyclic) bond motifs is 3. The molecule has 3 aliphatic rings. The van der Waals surface area contributed by atoms with Crippen LogP contribution >= 0.6 is 0 Å². The van der Waals surface area contributed by atoms with Crippen LogP contribution in [0.15, 0.2) is 47.5 Å². The number of benzene rings is 2. The molecule has 2 amide bonds. The number of nitrogens with one attached hydrogen (secondary N) is 2. The van der Waals surface area contributed by atoms with E-state index >= 15 is 0 Å². The van der Waals surface area contributed by atoms with Crippen LogP contribution < -0.4 is 21.1 Å². The third kappa shape index (κ3) is 4.05. The highest BCUT2D eigenvalue weighted by atomic mass is 16.5. The van der Waals surface area contributed by atoms with Crippen LogP contribution in [-0.4, -0.2) is 53.6 Å². The van der Waals surface area contributed by atoms with Gasteiger partial charge in [0.2, 0.25) is 11.9 Å². The number of amides is 2. The van der Waals surface area contributed by atoms with E-state index < -0.39 is 6.04 Å². The van der Waals surface area contributed by atoms with Gasteiger partial charge in [-0.25, -0.2) is 4.99 Å². The molecule has 3 heterocycles. The topological polar surface area (TPSA) is 129 Å². The molecule has 0 aliphatic carbocycles. The summed E-state index contributed by atoms with van der Waals surface area (Å²) in [7, 11) is 0. The Bertz CT molecular complexity index is 1120. The number of guanidine groups is 1. The monoisotopic (exact) mass is 449 g/mol. The van der Waals surface area contributed by atoms with E-state index in [0.717, 1.165) is 29.8 Å². The zero-order valence-corrected chi connectivity index (χ0v) is 18.2. The lowest BCUT2D eigenvalue weighted by Gasteiger charge is -2.32. The van der Waals surface area contributed by atoms with Crippen molar-refractivity contribution in [3.63, 3.8) is 0 Å². The van der Waals surface area contributed by atoms with Crippen LogP contribution in [0.25, 0.3) is 0 Å². The van der Waals surface area contributed by atoms with Gasteiger partial charge in [-0.1, -0.05) is 24.3 Å². The summed E-state index contributed by atoms with van der Waals surface area (Å²) in [6.07, 6.45) is 1.42. The number of nitrogens with two attached hydrogens (primary N) is 1. The van der Waals surface area contributed by atoms with E-state index in [9.17, 15) is 14.7 Å². The lowest BCUT2D eigenvalue weighted by atomic mass is 9.84. The van der Waals surface area contributed by atoms with Crippen molar-refractivity contribution in [3.05, 3.63) is 59.2 Å². The first kappa shape index (κ1) is 21.4. The second kappa shape index (κ2) is 8.84. The summed E-state index contributed by atoms with van der Waals surface area (Å²) in [4.78, 5) is 30.5. The standard InChI is InChI=1S/C24H27N5O4/c25-22(31)18(21-17-4-2-1-3-14(17)7-9-26-21)8-10-33-16-5-6-19-15(11-16)12-29-20(13-30)23(32)28-24(29)27-19/h1-6,11,18,20-21,26,30H,7-10,12-13H2,(H2,25,31)(H,27,28,32). The molecule has 0 spiro atoms. The molecule has 0 aromatic heterocycles. The van der Waals surface area contributed by atoms with Crippen molar-refractivity contribution < 1.29 is 19.4 Å². The predicted octanol–water partition coefficient (Wildman–Crippen LogP) is 0.738. The molecule has 9 nitrogen and oxygen atoms in total. The molecule has 1 saturated heterocycles. The van der Waals surface area contributed by atoms with Crippen LogP contribution in [0, 0.1) is 5.92 Å². The number of primary amides is 1. The Kier molecular flexibility index (Phi) is 5.74. The molecule has 3 unspecified atom stereocenters. The first-order valence-corrected chi connectivity index (χ1v) is 11.2. The molecule has 172 valence electrons. The normalized spacial score (nSPS) is 21.9. The molecule has 5 N–H and O–H groups in total. The summed E-state index contributed by atoms with van der Waals surface area (Å²) in [5.41, 5.74) is 9.81. The predicted molar refractivity (Wildman–Crippen MR) is 122 cm³/mol. The van der Waals surface area contributed by atoms with Gasteiger partial charge in [-0.3, -0.25) is 14.9 Å². The van der Waals surface area contributed by atoms with Crippen molar-refractivity contribution in [3.8, 4) is 5.75 Å². The van der Waals surface area contributed by atoms with Crippen molar-refractivity contribution in [2.24, 2.45) is 16.6 Å². The Morgan fingerprint density at radius 2 is 2.12 bits per heavy atom. The van der Waals surface area contributed by atoms with Crippen LogP contribution in [-0.2, 0) is 22.6 Å². The van der Waals surface area contributed by atoms with E-state index in [2.05, 4.69) is 27.8 Å². The average Bonchev–Trinajstić information content (AvgIpc) is 3.13. The molecule has 1 fully saturated rings. The molecule has 0 bridgehead atoms. The van der Waals surface area contributed by atoms with Gasteiger partial charge < -0.3 is 25.8 Å². The summed E-state index contributed by atoms with van der Waals surface area (Å²) in [5.74, 6) is 0.136. The number of carbonyl (C=O) groups excluding carboxylic acids is 2. The van der Waals surface area contributed by atoms with E-state index in [4.69, 9.17) is 10.5 Å². The third-order valence-electron chi connectivity index (χ3n) is 6.59. The van der Waals surface area contributed by atoms with Crippen LogP contribution in [0.5, 0.6) is 5.75 Å². The molecule has 9 heteroatoms. The van der Waals surface area contributed by atoms with Crippen LogP contribution in [0.4, 0.5) is 5.69 Å². The van der Waals surface area contributed by atoms with Crippen LogP contribution in [0.1, 0.15) is 29.2 Å². The first-order chi connectivity index (χ1) is 16.0. The Labute approximate surface area is 191 Å². The molecular weight excluding hydrogens is 422 g/mol. The number of hydrogen-bond donors (Lipinski definition) is 4. The zero-order chi connectivity index (χ0) is 22.9.